The van der Waals surface area contributed by atoms with Gasteiger partial charge in [0.1, 0.15) is 6.17 Å². The van der Waals surface area contributed by atoms with Crippen molar-refractivity contribution in [3.05, 3.63) is 10.1 Å². The van der Waals surface area contributed by atoms with Crippen LogP contribution in [0.5, 0.6) is 0 Å². The van der Waals surface area contributed by atoms with Crippen molar-refractivity contribution in [3.63, 3.8) is 0 Å². The molecule has 0 spiro atoms. The topological polar surface area (TPSA) is 72.4 Å². The van der Waals surface area contributed by atoms with Crippen LogP contribution < -0.4 is 5.73 Å². The molecule has 0 bridgehead atoms. The summed E-state index contributed by atoms with van der Waals surface area (Å²) in [6.07, 6.45) is -0.503. The Hall–Kier alpha value is -0.330. The molecule has 0 aliphatic rings. The van der Waals surface area contributed by atoms with Crippen molar-refractivity contribution in [1.82, 2.24) is 4.90 Å². The summed E-state index contributed by atoms with van der Waals surface area (Å²) in [5, 5.41) is 10.00. The molecule has 0 aromatic heterocycles. The second-order valence-electron chi connectivity index (χ2n) is 2.29. The maximum absolute atomic E-state index is 10.00. The number of likely N-dealkylation sites (N-methyl/N-ethyl adjacent to an activating group) is 1. The zero-order chi connectivity index (χ0) is 8.85. The summed E-state index contributed by atoms with van der Waals surface area (Å²) in [7, 11) is 1.74. The first-order valence-corrected chi connectivity index (χ1v) is 3.89. The van der Waals surface area contributed by atoms with E-state index in [-0.39, 0.29) is 6.54 Å². The Labute approximate surface area is 71.1 Å². The Morgan fingerprint density at radius 3 is 2.73 bits per heavy atom. The summed E-state index contributed by atoms with van der Waals surface area (Å²) in [4.78, 5) is 11.3. The third-order valence-electron chi connectivity index (χ3n) is 1.35. The summed E-state index contributed by atoms with van der Waals surface area (Å²) < 4.78 is 0. The van der Waals surface area contributed by atoms with Crippen LogP contribution in [0, 0.1) is 10.1 Å². The highest BCUT2D eigenvalue weighted by Gasteiger charge is 2.13. The molecule has 0 radical (unpaired) electrons. The lowest BCUT2D eigenvalue weighted by atomic mass is 10.4. The molecule has 0 fully saturated rings. The minimum atomic E-state index is -0.503. The fourth-order valence-electron chi connectivity index (χ4n) is 0.616. The highest BCUT2D eigenvalue weighted by Crippen LogP contribution is 1.90. The van der Waals surface area contributed by atoms with Gasteiger partial charge in [-0.3, -0.25) is 15.0 Å². The van der Waals surface area contributed by atoms with Crippen LogP contribution >= 0.6 is 12.6 Å². The van der Waals surface area contributed by atoms with Crippen LogP contribution in [0.4, 0.5) is 0 Å². The number of nitrogens with two attached hydrogens (primary N) is 1. The van der Waals surface area contributed by atoms with E-state index in [0.29, 0.717) is 12.3 Å². The Balaban J connectivity index is 3.63. The molecule has 1 unspecified atom stereocenters. The maximum atomic E-state index is 10.00. The van der Waals surface area contributed by atoms with Crippen LogP contribution in [0.15, 0.2) is 0 Å². The average Bonchev–Trinajstić information content (AvgIpc) is 1.86. The molecule has 0 rings (SSSR count). The predicted molar refractivity (Wildman–Crippen MR) is 46.3 cm³/mol. The lowest BCUT2D eigenvalue weighted by Crippen LogP contribution is -2.45. The van der Waals surface area contributed by atoms with E-state index in [2.05, 4.69) is 12.6 Å². The van der Waals surface area contributed by atoms with E-state index in [1.54, 1.807) is 11.9 Å². The molecule has 0 amide bonds. The smallest absolute Gasteiger partial charge is 0.231 e. The molecule has 0 aromatic carbocycles. The van der Waals surface area contributed by atoms with Gasteiger partial charge in [-0.1, -0.05) is 0 Å². The third kappa shape index (κ3) is 5.00. The van der Waals surface area contributed by atoms with Crippen LogP contribution in [0.25, 0.3) is 0 Å². The van der Waals surface area contributed by atoms with Crippen molar-refractivity contribution in [2.75, 3.05) is 25.9 Å². The highest BCUT2D eigenvalue weighted by atomic mass is 32.1. The first-order valence-electron chi connectivity index (χ1n) is 3.26. The van der Waals surface area contributed by atoms with Crippen LogP contribution in [0.1, 0.15) is 0 Å². The van der Waals surface area contributed by atoms with Gasteiger partial charge in [-0.25, -0.2) is 0 Å². The van der Waals surface area contributed by atoms with Crippen LogP contribution in [-0.2, 0) is 0 Å². The van der Waals surface area contributed by atoms with E-state index >= 15 is 0 Å². The van der Waals surface area contributed by atoms with Gasteiger partial charge in [-0.15, -0.1) is 0 Å². The number of rotatable bonds is 5. The summed E-state index contributed by atoms with van der Waals surface area (Å²) in [6.45, 7) is 0.447. The van der Waals surface area contributed by atoms with Gasteiger partial charge in [0.05, 0.1) is 0 Å². The van der Waals surface area contributed by atoms with E-state index in [4.69, 9.17) is 5.73 Å². The molecule has 0 aliphatic carbocycles. The van der Waals surface area contributed by atoms with Gasteiger partial charge in [-0.2, -0.15) is 12.6 Å². The van der Waals surface area contributed by atoms with Crippen LogP contribution in [0.2, 0.25) is 0 Å². The van der Waals surface area contributed by atoms with Gasteiger partial charge < -0.3 is 5.73 Å². The van der Waals surface area contributed by atoms with Crippen molar-refractivity contribution in [2.45, 2.75) is 6.17 Å². The fourth-order valence-corrected chi connectivity index (χ4v) is 0.931. The molecular formula is C5H13N3O2S. The number of nitrogens with zero attached hydrogens (tertiary/aromatic N) is 2. The standard InChI is InChI=1S/C5H13N3O2S/c1-7(2-3-11)5(6)4-8(9)10/h5,11H,2-4,6H2,1H3. The Kier molecular flexibility index (Phi) is 5.18. The minimum absolute atomic E-state index is 0.218. The summed E-state index contributed by atoms with van der Waals surface area (Å²) >= 11 is 3.98. The van der Waals surface area contributed by atoms with Crippen molar-refractivity contribution in [3.8, 4) is 0 Å². The SMILES string of the molecule is CN(CCS)C(N)C[N+](=O)[O-]. The molecule has 0 aromatic rings. The van der Waals surface area contributed by atoms with Gasteiger partial charge in [-0.05, 0) is 7.05 Å². The van der Waals surface area contributed by atoms with Crippen molar-refractivity contribution in [2.24, 2.45) is 5.73 Å². The second kappa shape index (κ2) is 5.34. The monoisotopic (exact) mass is 179 g/mol. The number of thiol groups is 1. The maximum Gasteiger partial charge on any atom is 0.231 e. The fraction of sp³-hybridized carbons (Fsp3) is 1.00. The van der Waals surface area contributed by atoms with Crippen molar-refractivity contribution < 1.29 is 4.92 Å². The van der Waals surface area contributed by atoms with E-state index in [9.17, 15) is 10.1 Å². The van der Waals surface area contributed by atoms with Gasteiger partial charge in [0.2, 0.25) is 6.54 Å². The normalized spacial score (nSPS) is 13.5. The minimum Gasteiger partial charge on any atom is -0.310 e. The van der Waals surface area contributed by atoms with E-state index in [1.165, 1.54) is 0 Å². The van der Waals surface area contributed by atoms with Gasteiger partial charge in [0.15, 0.2) is 0 Å². The molecule has 11 heavy (non-hydrogen) atoms. The molecule has 0 saturated heterocycles. The van der Waals surface area contributed by atoms with Gasteiger partial charge >= 0.3 is 0 Å². The first-order chi connectivity index (χ1) is 5.07. The molecule has 5 nitrogen and oxygen atoms in total. The highest BCUT2D eigenvalue weighted by molar-refractivity contribution is 7.80. The Bertz CT molecular complexity index is 133. The second-order valence-corrected chi connectivity index (χ2v) is 2.73. The lowest BCUT2D eigenvalue weighted by Gasteiger charge is -2.19. The Morgan fingerprint density at radius 2 is 2.36 bits per heavy atom. The lowest BCUT2D eigenvalue weighted by molar-refractivity contribution is -0.486. The van der Waals surface area contributed by atoms with Gasteiger partial charge in [0.25, 0.3) is 0 Å². The molecule has 0 saturated carbocycles. The number of nitro groups is 1. The zero-order valence-electron chi connectivity index (χ0n) is 6.43. The molecule has 2 N–H and O–H groups in total. The quantitative estimate of drug-likeness (QED) is 0.256. The molecule has 6 heteroatoms. The largest absolute Gasteiger partial charge is 0.310 e. The third-order valence-corrected chi connectivity index (χ3v) is 1.55. The zero-order valence-corrected chi connectivity index (χ0v) is 7.33. The molecule has 0 heterocycles. The van der Waals surface area contributed by atoms with Crippen LogP contribution in [-0.4, -0.2) is 41.9 Å². The van der Waals surface area contributed by atoms with Crippen molar-refractivity contribution in [1.29, 1.82) is 0 Å². The Morgan fingerprint density at radius 1 is 1.82 bits per heavy atom. The van der Waals surface area contributed by atoms with E-state index in [0.717, 1.165) is 0 Å². The van der Waals surface area contributed by atoms with Gasteiger partial charge in [0, 0.05) is 17.2 Å². The van der Waals surface area contributed by atoms with Crippen molar-refractivity contribution >= 4 is 12.6 Å². The van der Waals surface area contributed by atoms with E-state index in [1.807, 2.05) is 0 Å². The average molecular weight is 179 g/mol. The molecule has 1 atom stereocenters. The number of hydrogen-bond donors (Lipinski definition) is 2. The van der Waals surface area contributed by atoms with E-state index < -0.39 is 11.1 Å². The molecular weight excluding hydrogens is 166 g/mol. The summed E-state index contributed by atoms with van der Waals surface area (Å²) in [5.74, 6) is 0.655. The molecule has 0 aliphatic heterocycles. The predicted octanol–water partition coefficient (Wildman–Crippen LogP) is -0.591. The summed E-state index contributed by atoms with van der Waals surface area (Å²) in [5.41, 5.74) is 5.45. The first kappa shape index (κ1) is 10.7. The van der Waals surface area contributed by atoms with Crippen LogP contribution in [0.3, 0.4) is 0 Å². The summed E-state index contributed by atoms with van der Waals surface area (Å²) in [6, 6.07) is 0. The number of hydrogen-bond acceptors (Lipinski definition) is 5. The molecule has 66 valence electrons.